The highest BCUT2D eigenvalue weighted by atomic mass is 14.7. The normalized spacial score (nSPS) is 11.6. The van der Waals surface area contributed by atoms with Crippen molar-refractivity contribution in [2.75, 3.05) is 6.54 Å². The van der Waals surface area contributed by atoms with Crippen LogP contribution in [0.1, 0.15) is 36.6 Å². The average molecular weight is 217 g/mol. The molecule has 2 aromatic rings. The highest BCUT2D eigenvalue weighted by Crippen LogP contribution is 2.26. The van der Waals surface area contributed by atoms with Crippen LogP contribution in [0.4, 0.5) is 0 Å². The number of hydrogen-bond donors (Lipinski definition) is 2. The Morgan fingerprint density at radius 2 is 2.06 bits per heavy atom. The quantitative estimate of drug-likeness (QED) is 0.793. The van der Waals surface area contributed by atoms with E-state index in [-0.39, 0.29) is 0 Å². The zero-order valence-corrected chi connectivity index (χ0v) is 10.4. The molecule has 1 heterocycles. The van der Waals surface area contributed by atoms with Gasteiger partial charge in [0, 0.05) is 23.0 Å². The summed E-state index contributed by atoms with van der Waals surface area (Å²) in [6.45, 7) is 7.59. The first kappa shape index (κ1) is 11.2. The van der Waals surface area contributed by atoms with Crippen molar-refractivity contribution in [3.05, 3.63) is 35.0 Å². The molecule has 0 amide bonds. The topological polar surface area (TPSA) is 43.4 Å². The molecule has 0 saturated heterocycles. The Hall–Kier alpha value is -1.28. The number of aromatic nitrogens is 1. The van der Waals surface area contributed by atoms with Gasteiger partial charge in [-0.3, -0.25) is 0 Å². The third kappa shape index (κ3) is 1.85. The summed E-state index contributed by atoms with van der Waals surface area (Å²) in [5.74, 6) is 0.590. The van der Waals surface area contributed by atoms with E-state index in [2.05, 4.69) is 49.7 Å². The lowest BCUT2D eigenvalue weighted by Crippen LogP contribution is -2.51. The molecule has 1 aromatic heterocycles. The molecule has 86 valence electrons. The van der Waals surface area contributed by atoms with Crippen LogP contribution in [0.3, 0.4) is 0 Å². The van der Waals surface area contributed by atoms with Crippen molar-refractivity contribution in [3.63, 3.8) is 0 Å². The summed E-state index contributed by atoms with van der Waals surface area (Å²) in [5.41, 5.74) is 9.35. The summed E-state index contributed by atoms with van der Waals surface area (Å²) in [4.78, 5) is 3.45. The first-order valence-corrected chi connectivity index (χ1v) is 6.03. The molecule has 0 aliphatic heterocycles. The second-order valence-electron chi connectivity index (χ2n) is 4.79. The van der Waals surface area contributed by atoms with Crippen LogP contribution in [0, 0.1) is 6.92 Å². The lowest BCUT2D eigenvalue weighted by atomic mass is 9.99. The maximum atomic E-state index is 3.95. The first-order chi connectivity index (χ1) is 7.63. The van der Waals surface area contributed by atoms with Gasteiger partial charge in [0.05, 0.1) is 6.54 Å². The van der Waals surface area contributed by atoms with Crippen molar-refractivity contribution >= 4 is 10.9 Å². The monoisotopic (exact) mass is 217 g/mol. The first-order valence-electron chi connectivity index (χ1n) is 6.03. The van der Waals surface area contributed by atoms with Crippen LogP contribution in [-0.4, -0.2) is 11.5 Å². The molecule has 2 heteroatoms. The molecule has 4 N–H and O–H groups in total. The molecule has 0 bridgehead atoms. The Labute approximate surface area is 96.9 Å². The minimum absolute atomic E-state index is 0.590. The van der Waals surface area contributed by atoms with Crippen LogP contribution in [0.15, 0.2) is 18.2 Å². The molecule has 0 unspecified atom stereocenters. The minimum atomic E-state index is 0.590. The Morgan fingerprint density at radius 1 is 1.31 bits per heavy atom. The second-order valence-corrected chi connectivity index (χ2v) is 4.79. The number of fused-ring (bicyclic) bond motifs is 1. The molecular formula is C14H21N2+. The largest absolute Gasteiger partial charge is 0.358 e. The fraction of sp³-hybridized carbons (Fsp3) is 0.429. The van der Waals surface area contributed by atoms with Crippen LogP contribution in [0.2, 0.25) is 0 Å². The summed E-state index contributed by atoms with van der Waals surface area (Å²) in [6.07, 6.45) is 1.06. The van der Waals surface area contributed by atoms with Gasteiger partial charge in [-0.25, -0.2) is 0 Å². The molecule has 2 rings (SSSR count). The molecule has 0 fully saturated rings. The fourth-order valence-corrected chi connectivity index (χ4v) is 2.26. The standard InChI is InChI=1S/C14H20N2/c1-9(2)11-4-5-14-13(8-11)12(6-7-15)10(3)16-14/h4-5,8-9,16H,6-7,15H2,1-3H3/p+1. The van der Waals surface area contributed by atoms with E-state index < -0.39 is 0 Å². The van der Waals surface area contributed by atoms with Crippen molar-refractivity contribution < 1.29 is 5.73 Å². The molecule has 16 heavy (non-hydrogen) atoms. The number of H-pyrrole nitrogens is 1. The third-order valence-electron chi connectivity index (χ3n) is 3.24. The van der Waals surface area contributed by atoms with Crippen LogP contribution in [-0.2, 0) is 6.42 Å². The number of rotatable bonds is 3. The number of quaternary nitrogens is 1. The molecule has 0 atom stereocenters. The second kappa shape index (κ2) is 4.30. The maximum absolute atomic E-state index is 3.95. The smallest absolute Gasteiger partial charge is 0.0781 e. The van der Waals surface area contributed by atoms with Gasteiger partial charge in [-0.2, -0.15) is 0 Å². The van der Waals surface area contributed by atoms with Crippen molar-refractivity contribution in [2.24, 2.45) is 0 Å². The van der Waals surface area contributed by atoms with Gasteiger partial charge in [0.25, 0.3) is 0 Å². The van der Waals surface area contributed by atoms with E-state index in [4.69, 9.17) is 0 Å². The van der Waals surface area contributed by atoms with Gasteiger partial charge in [-0.1, -0.05) is 19.9 Å². The Kier molecular flexibility index (Phi) is 3.01. The van der Waals surface area contributed by atoms with E-state index in [1.165, 1.54) is 27.7 Å². The van der Waals surface area contributed by atoms with Gasteiger partial charge in [0.2, 0.25) is 0 Å². The molecule has 0 spiro atoms. The van der Waals surface area contributed by atoms with E-state index in [0.717, 1.165) is 13.0 Å². The van der Waals surface area contributed by atoms with E-state index in [9.17, 15) is 0 Å². The molecule has 1 aromatic carbocycles. The van der Waals surface area contributed by atoms with Crippen LogP contribution >= 0.6 is 0 Å². The number of aromatic amines is 1. The molecule has 0 aliphatic rings. The van der Waals surface area contributed by atoms with Crippen LogP contribution in [0.5, 0.6) is 0 Å². The Morgan fingerprint density at radius 3 is 2.69 bits per heavy atom. The van der Waals surface area contributed by atoms with E-state index in [1.807, 2.05) is 0 Å². The highest BCUT2D eigenvalue weighted by Gasteiger charge is 2.09. The highest BCUT2D eigenvalue weighted by molar-refractivity contribution is 5.85. The molecule has 0 radical (unpaired) electrons. The fourth-order valence-electron chi connectivity index (χ4n) is 2.26. The van der Waals surface area contributed by atoms with E-state index >= 15 is 0 Å². The van der Waals surface area contributed by atoms with E-state index in [0.29, 0.717) is 5.92 Å². The summed E-state index contributed by atoms with van der Waals surface area (Å²) in [7, 11) is 0. The summed E-state index contributed by atoms with van der Waals surface area (Å²) < 4.78 is 0. The van der Waals surface area contributed by atoms with E-state index in [1.54, 1.807) is 0 Å². The predicted molar refractivity (Wildman–Crippen MR) is 68.6 cm³/mol. The Bertz CT molecular complexity index is 495. The zero-order chi connectivity index (χ0) is 11.7. The number of nitrogens with one attached hydrogen (secondary N) is 1. The van der Waals surface area contributed by atoms with Gasteiger partial charge >= 0.3 is 0 Å². The Balaban J connectivity index is 2.60. The zero-order valence-electron chi connectivity index (χ0n) is 10.4. The van der Waals surface area contributed by atoms with Gasteiger partial charge < -0.3 is 10.7 Å². The summed E-state index contributed by atoms with van der Waals surface area (Å²) >= 11 is 0. The number of benzene rings is 1. The molecule has 0 aliphatic carbocycles. The lowest BCUT2D eigenvalue weighted by Gasteiger charge is -2.05. The predicted octanol–water partition coefficient (Wildman–Crippen LogP) is 2.38. The molecule has 2 nitrogen and oxygen atoms in total. The lowest BCUT2D eigenvalue weighted by molar-refractivity contribution is -0.366. The van der Waals surface area contributed by atoms with Crippen molar-refractivity contribution in [1.29, 1.82) is 0 Å². The number of hydrogen-bond acceptors (Lipinski definition) is 0. The SMILES string of the molecule is Cc1[nH]c2ccc(C(C)C)cc2c1CC[NH3+]. The van der Waals surface area contributed by atoms with Crippen LogP contribution < -0.4 is 5.73 Å². The van der Waals surface area contributed by atoms with Crippen molar-refractivity contribution in [2.45, 2.75) is 33.1 Å². The average Bonchev–Trinajstić information content (AvgIpc) is 2.55. The van der Waals surface area contributed by atoms with Crippen molar-refractivity contribution in [3.8, 4) is 0 Å². The summed E-state index contributed by atoms with van der Waals surface area (Å²) in [6, 6.07) is 6.75. The molecule has 0 saturated carbocycles. The maximum Gasteiger partial charge on any atom is 0.0781 e. The van der Waals surface area contributed by atoms with Gasteiger partial charge in [-0.15, -0.1) is 0 Å². The van der Waals surface area contributed by atoms with Gasteiger partial charge in [-0.05, 0) is 36.1 Å². The van der Waals surface area contributed by atoms with Crippen LogP contribution in [0.25, 0.3) is 10.9 Å². The molecular weight excluding hydrogens is 196 g/mol. The van der Waals surface area contributed by atoms with Gasteiger partial charge in [0.15, 0.2) is 0 Å². The minimum Gasteiger partial charge on any atom is -0.358 e. The number of aryl methyl sites for hydroxylation is 1. The van der Waals surface area contributed by atoms with Gasteiger partial charge in [0.1, 0.15) is 0 Å². The summed E-state index contributed by atoms with van der Waals surface area (Å²) in [5, 5.41) is 1.38. The third-order valence-corrected chi connectivity index (χ3v) is 3.24. The van der Waals surface area contributed by atoms with Crippen molar-refractivity contribution in [1.82, 2.24) is 4.98 Å².